The number of imidazole rings is 1. The highest BCUT2D eigenvalue weighted by atomic mass is 16.6. The third-order valence-electron chi connectivity index (χ3n) is 4.88. The Bertz CT molecular complexity index is 883. The van der Waals surface area contributed by atoms with E-state index in [0.717, 1.165) is 48.9 Å². The molecule has 1 aromatic heterocycles. The number of benzene rings is 1. The van der Waals surface area contributed by atoms with Gasteiger partial charge in [-0.05, 0) is 46.2 Å². The van der Waals surface area contributed by atoms with Gasteiger partial charge in [0, 0.05) is 33.2 Å². The summed E-state index contributed by atoms with van der Waals surface area (Å²) in [6.07, 6.45) is 0.500. The number of rotatable bonds is 4. The molecule has 3 rings (SSSR count). The van der Waals surface area contributed by atoms with Gasteiger partial charge in [-0.1, -0.05) is 12.1 Å². The van der Waals surface area contributed by atoms with Crippen LogP contribution in [-0.2, 0) is 11.3 Å². The van der Waals surface area contributed by atoms with Gasteiger partial charge in [0.2, 0.25) is 0 Å². The van der Waals surface area contributed by atoms with Gasteiger partial charge < -0.3 is 24.8 Å². The second kappa shape index (κ2) is 8.71. The smallest absolute Gasteiger partial charge is 0.407 e. The van der Waals surface area contributed by atoms with E-state index in [1.165, 1.54) is 0 Å². The number of alkyl carbamates (subject to hydrolysis) is 1. The highest BCUT2D eigenvalue weighted by Crippen LogP contribution is 2.15. The number of likely N-dealkylation sites (tertiary alicyclic amines) is 1. The first-order valence-corrected chi connectivity index (χ1v) is 10.1. The molecule has 8 heteroatoms. The van der Waals surface area contributed by atoms with E-state index in [0.29, 0.717) is 6.54 Å². The number of aromatic nitrogens is 2. The fourth-order valence-electron chi connectivity index (χ4n) is 3.63. The number of carbonyl (C=O) groups excluding carboxylic acids is 1. The second-order valence-corrected chi connectivity index (χ2v) is 8.35. The summed E-state index contributed by atoms with van der Waals surface area (Å²) in [5.41, 5.74) is 1.67. The average Bonchev–Trinajstić information content (AvgIpc) is 3.21. The summed E-state index contributed by atoms with van der Waals surface area (Å²) in [6.45, 7) is 10.7. The molecule has 1 amide bonds. The third-order valence-corrected chi connectivity index (χ3v) is 4.88. The first-order valence-electron chi connectivity index (χ1n) is 10.1. The van der Waals surface area contributed by atoms with Crippen LogP contribution in [0.1, 0.15) is 33.0 Å². The fraction of sp³-hybridized carbons (Fsp3) is 0.571. The number of hydrogen-bond acceptors (Lipinski definition) is 4. The predicted molar refractivity (Wildman–Crippen MR) is 115 cm³/mol. The molecule has 29 heavy (non-hydrogen) atoms. The van der Waals surface area contributed by atoms with Crippen LogP contribution in [0.4, 0.5) is 4.79 Å². The van der Waals surface area contributed by atoms with Gasteiger partial charge in [-0.15, -0.1) is 0 Å². The number of nitrogens with zero attached hydrogens (tertiary/aromatic N) is 4. The van der Waals surface area contributed by atoms with Crippen molar-refractivity contribution >= 4 is 23.1 Å². The largest absolute Gasteiger partial charge is 0.444 e. The van der Waals surface area contributed by atoms with Crippen molar-refractivity contribution in [1.29, 1.82) is 0 Å². The monoisotopic (exact) mass is 400 g/mol. The van der Waals surface area contributed by atoms with E-state index in [-0.39, 0.29) is 12.1 Å². The zero-order valence-corrected chi connectivity index (χ0v) is 18.0. The number of guanidine groups is 1. The van der Waals surface area contributed by atoms with Gasteiger partial charge in [0.15, 0.2) is 5.96 Å². The van der Waals surface area contributed by atoms with Gasteiger partial charge in [-0.2, -0.15) is 0 Å². The van der Waals surface area contributed by atoms with Crippen molar-refractivity contribution in [2.45, 2.75) is 52.3 Å². The van der Waals surface area contributed by atoms with E-state index in [1.54, 1.807) is 7.05 Å². The Morgan fingerprint density at radius 2 is 2.10 bits per heavy atom. The quantitative estimate of drug-likeness (QED) is 0.609. The Hall–Kier alpha value is -2.77. The van der Waals surface area contributed by atoms with Crippen molar-refractivity contribution < 1.29 is 9.53 Å². The zero-order chi connectivity index (χ0) is 21.0. The van der Waals surface area contributed by atoms with Crippen LogP contribution < -0.4 is 10.6 Å². The lowest BCUT2D eigenvalue weighted by atomic mass is 10.2. The molecule has 0 radical (unpaired) electrons. The number of nitrogens with one attached hydrogen (secondary N) is 2. The van der Waals surface area contributed by atoms with Crippen molar-refractivity contribution in [1.82, 2.24) is 25.1 Å². The highest BCUT2D eigenvalue weighted by molar-refractivity contribution is 5.80. The summed E-state index contributed by atoms with van der Waals surface area (Å²) in [6, 6.07) is 8.23. The highest BCUT2D eigenvalue weighted by Gasteiger charge is 2.27. The first kappa shape index (κ1) is 21.0. The minimum absolute atomic E-state index is 0.0586. The first-order chi connectivity index (χ1) is 13.8. The maximum atomic E-state index is 12.0. The molecule has 0 bridgehead atoms. The molecule has 1 unspecified atom stereocenters. The van der Waals surface area contributed by atoms with E-state index in [1.807, 2.05) is 45.9 Å². The number of ether oxygens (including phenoxy) is 1. The number of aliphatic imine (C=N–C) groups is 1. The van der Waals surface area contributed by atoms with Crippen LogP contribution in [-0.4, -0.2) is 64.8 Å². The van der Waals surface area contributed by atoms with Crippen LogP contribution in [0.2, 0.25) is 0 Å². The van der Waals surface area contributed by atoms with Gasteiger partial charge in [-0.3, -0.25) is 4.99 Å². The van der Waals surface area contributed by atoms with E-state index >= 15 is 0 Å². The van der Waals surface area contributed by atoms with Crippen LogP contribution in [0, 0.1) is 6.92 Å². The van der Waals surface area contributed by atoms with Crippen molar-refractivity contribution in [3.05, 3.63) is 30.1 Å². The molecule has 1 aliphatic heterocycles. The molecule has 2 aromatic rings. The zero-order valence-electron chi connectivity index (χ0n) is 18.0. The lowest BCUT2D eigenvalue weighted by Crippen LogP contribution is -2.44. The summed E-state index contributed by atoms with van der Waals surface area (Å²) in [5, 5.41) is 6.39. The minimum atomic E-state index is -0.490. The maximum absolute atomic E-state index is 12.0. The van der Waals surface area contributed by atoms with Gasteiger partial charge in [-0.25, -0.2) is 9.78 Å². The Morgan fingerprint density at radius 1 is 1.34 bits per heavy atom. The second-order valence-electron chi connectivity index (χ2n) is 8.35. The minimum Gasteiger partial charge on any atom is -0.444 e. The van der Waals surface area contributed by atoms with Gasteiger partial charge in [0.05, 0.1) is 17.1 Å². The molecule has 1 saturated heterocycles. The standard InChI is InChI=1S/C21H32N6O2/c1-15-24-17-8-6-7-9-18(17)27(15)13-11-23-19(22-5)26-12-10-16(14-26)25-20(28)29-21(2,3)4/h6-9,16H,10-14H2,1-5H3,(H,22,23)(H,25,28). The Morgan fingerprint density at radius 3 is 2.83 bits per heavy atom. The number of aryl methyl sites for hydroxylation is 1. The molecule has 8 nitrogen and oxygen atoms in total. The van der Waals surface area contributed by atoms with Crippen LogP contribution in [0.5, 0.6) is 0 Å². The summed E-state index contributed by atoms with van der Waals surface area (Å²) in [7, 11) is 1.79. The topological polar surface area (TPSA) is 83.8 Å². The number of fused-ring (bicyclic) bond motifs is 1. The molecule has 1 aromatic carbocycles. The molecular formula is C21H32N6O2. The fourth-order valence-corrected chi connectivity index (χ4v) is 3.63. The Kier molecular flexibility index (Phi) is 6.30. The van der Waals surface area contributed by atoms with Crippen LogP contribution in [0.25, 0.3) is 11.0 Å². The van der Waals surface area contributed by atoms with Crippen LogP contribution in [0.3, 0.4) is 0 Å². The molecule has 1 atom stereocenters. The SMILES string of the molecule is CN=C(NCCn1c(C)nc2ccccc21)N1CCC(NC(=O)OC(C)(C)C)C1. The van der Waals surface area contributed by atoms with Crippen LogP contribution in [0.15, 0.2) is 29.3 Å². The summed E-state index contributed by atoms with van der Waals surface area (Å²) in [5.74, 6) is 1.85. The van der Waals surface area contributed by atoms with Gasteiger partial charge >= 0.3 is 6.09 Å². The third kappa shape index (κ3) is 5.40. The number of carbonyl (C=O) groups is 1. The summed E-state index contributed by atoms with van der Waals surface area (Å²) in [4.78, 5) is 23.2. The van der Waals surface area contributed by atoms with Gasteiger partial charge in [0.1, 0.15) is 11.4 Å². The van der Waals surface area contributed by atoms with E-state index in [4.69, 9.17) is 4.74 Å². The molecule has 0 aliphatic carbocycles. The van der Waals surface area contributed by atoms with E-state index < -0.39 is 5.60 Å². The Balaban J connectivity index is 1.51. The lowest BCUT2D eigenvalue weighted by molar-refractivity contribution is 0.0507. The van der Waals surface area contributed by atoms with Crippen molar-refractivity contribution in [3.8, 4) is 0 Å². The van der Waals surface area contributed by atoms with E-state index in [9.17, 15) is 4.79 Å². The summed E-state index contributed by atoms with van der Waals surface area (Å²) >= 11 is 0. The molecule has 158 valence electrons. The molecule has 2 N–H and O–H groups in total. The summed E-state index contributed by atoms with van der Waals surface area (Å²) < 4.78 is 7.57. The molecule has 0 spiro atoms. The predicted octanol–water partition coefficient (Wildman–Crippen LogP) is 2.52. The van der Waals surface area contributed by atoms with Crippen molar-refractivity contribution in [2.75, 3.05) is 26.7 Å². The molecule has 1 aliphatic rings. The number of para-hydroxylation sites is 2. The normalized spacial score (nSPS) is 17.6. The van der Waals surface area contributed by atoms with Crippen LogP contribution >= 0.6 is 0 Å². The molecule has 1 fully saturated rings. The number of amides is 1. The van der Waals surface area contributed by atoms with E-state index in [2.05, 4.69) is 36.1 Å². The molecular weight excluding hydrogens is 368 g/mol. The van der Waals surface area contributed by atoms with Gasteiger partial charge in [0.25, 0.3) is 0 Å². The maximum Gasteiger partial charge on any atom is 0.407 e. The van der Waals surface area contributed by atoms with Crippen molar-refractivity contribution in [3.63, 3.8) is 0 Å². The average molecular weight is 401 g/mol. The number of hydrogen-bond donors (Lipinski definition) is 2. The molecule has 0 saturated carbocycles. The lowest BCUT2D eigenvalue weighted by Gasteiger charge is -2.23. The van der Waals surface area contributed by atoms with Crippen molar-refractivity contribution in [2.24, 2.45) is 4.99 Å². The Labute approximate surface area is 172 Å². The molecule has 2 heterocycles.